The van der Waals surface area contributed by atoms with E-state index < -0.39 is 5.91 Å². The molecule has 0 fully saturated rings. The number of hydrazone groups is 1. The Balaban J connectivity index is 1.34. The Bertz CT molecular complexity index is 1690. The van der Waals surface area contributed by atoms with E-state index in [0.717, 1.165) is 26.5 Å². The number of rotatable bonds is 10. The van der Waals surface area contributed by atoms with Crippen molar-refractivity contribution in [3.8, 4) is 11.5 Å². The van der Waals surface area contributed by atoms with Gasteiger partial charge in [0.05, 0.1) is 12.8 Å². The molecule has 196 valence electrons. The molecule has 1 amide bonds. The largest absolute Gasteiger partial charge is 0.490 e. The average Bonchev–Trinajstić information content (AvgIpc) is 3.36. The molecule has 1 aromatic heterocycles. The summed E-state index contributed by atoms with van der Waals surface area (Å²) in [6, 6.07) is 25.6. The molecule has 5 rings (SSSR count). The van der Waals surface area contributed by atoms with Crippen LogP contribution in [0.3, 0.4) is 0 Å². The van der Waals surface area contributed by atoms with Crippen LogP contribution < -0.4 is 14.9 Å². The van der Waals surface area contributed by atoms with Gasteiger partial charge in [-0.25, -0.2) is 5.43 Å². The number of hydrogen-bond donors (Lipinski definition) is 1. The average molecular weight is 583 g/mol. The summed E-state index contributed by atoms with van der Waals surface area (Å²) in [5.41, 5.74) is 5.89. The van der Waals surface area contributed by atoms with Crippen LogP contribution in [0.25, 0.3) is 21.7 Å². The van der Waals surface area contributed by atoms with E-state index in [1.54, 1.807) is 18.3 Å². The van der Waals surface area contributed by atoms with E-state index in [0.29, 0.717) is 36.7 Å². The van der Waals surface area contributed by atoms with Crippen molar-refractivity contribution in [1.82, 2.24) is 5.43 Å². The van der Waals surface area contributed by atoms with Crippen LogP contribution in [0, 0.1) is 0 Å². The second-order valence-electron chi connectivity index (χ2n) is 8.90. The van der Waals surface area contributed by atoms with Gasteiger partial charge in [-0.3, -0.25) is 4.79 Å². The highest BCUT2D eigenvalue weighted by atomic mass is 79.9. The lowest BCUT2D eigenvalue weighted by molar-refractivity contribution is 0.0929. The van der Waals surface area contributed by atoms with E-state index in [2.05, 4.69) is 63.4 Å². The highest BCUT2D eigenvalue weighted by Crippen LogP contribution is 2.34. The Kier molecular flexibility index (Phi) is 8.08. The third-order valence-electron chi connectivity index (χ3n) is 6.10. The van der Waals surface area contributed by atoms with Crippen molar-refractivity contribution in [2.75, 3.05) is 6.61 Å². The summed E-state index contributed by atoms with van der Waals surface area (Å²) in [5, 5.41) is 7.32. The van der Waals surface area contributed by atoms with Crippen molar-refractivity contribution in [2.24, 2.45) is 5.10 Å². The number of nitrogens with one attached hydrogen (secondary N) is 1. The number of fused-ring (bicyclic) bond motifs is 2. The summed E-state index contributed by atoms with van der Waals surface area (Å²) < 4.78 is 18.8. The zero-order valence-electron chi connectivity index (χ0n) is 21.4. The molecule has 0 aliphatic carbocycles. The SMILES string of the molecule is C=CCc1cc(/C=N/NC(=O)c2cc3cc(Br)ccc3o2)cc(OCC)c1OCc1ccc2ccccc2c1. The van der Waals surface area contributed by atoms with Gasteiger partial charge in [0.25, 0.3) is 0 Å². The van der Waals surface area contributed by atoms with Gasteiger partial charge in [0.2, 0.25) is 0 Å². The molecular weight excluding hydrogens is 556 g/mol. The minimum Gasteiger partial charge on any atom is -0.490 e. The van der Waals surface area contributed by atoms with E-state index in [-0.39, 0.29) is 5.76 Å². The van der Waals surface area contributed by atoms with Crippen molar-refractivity contribution < 1.29 is 18.7 Å². The molecule has 0 radical (unpaired) electrons. The topological polar surface area (TPSA) is 73.1 Å². The number of nitrogens with zero attached hydrogens (tertiary/aromatic N) is 1. The van der Waals surface area contributed by atoms with Gasteiger partial charge in [-0.05, 0) is 77.7 Å². The molecule has 0 unspecified atom stereocenters. The Hall–Kier alpha value is -4.36. The monoisotopic (exact) mass is 582 g/mol. The number of amides is 1. The van der Waals surface area contributed by atoms with Crippen LogP contribution in [0.2, 0.25) is 0 Å². The number of carbonyl (C=O) groups excluding carboxylic acids is 1. The molecule has 4 aromatic carbocycles. The number of hydrogen-bond acceptors (Lipinski definition) is 5. The van der Waals surface area contributed by atoms with Gasteiger partial charge in [-0.15, -0.1) is 6.58 Å². The van der Waals surface area contributed by atoms with Gasteiger partial charge < -0.3 is 13.9 Å². The van der Waals surface area contributed by atoms with Crippen molar-refractivity contribution in [2.45, 2.75) is 20.0 Å². The molecule has 39 heavy (non-hydrogen) atoms. The summed E-state index contributed by atoms with van der Waals surface area (Å²) in [6.07, 6.45) is 3.96. The maximum atomic E-state index is 12.6. The van der Waals surface area contributed by atoms with Crippen LogP contribution in [0.1, 0.15) is 34.2 Å². The molecule has 0 saturated heterocycles. The molecule has 0 aliphatic rings. The number of carbonyl (C=O) groups is 1. The first-order chi connectivity index (χ1) is 19.0. The number of halogens is 1. The first kappa shape index (κ1) is 26.3. The van der Waals surface area contributed by atoms with Gasteiger partial charge in [-0.1, -0.05) is 58.4 Å². The summed E-state index contributed by atoms with van der Waals surface area (Å²) in [7, 11) is 0. The highest BCUT2D eigenvalue weighted by molar-refractivity contribution is 9.10. The molecule has 1 N–H and O–H groups in total. The molecule has 0 aliphatic heterocycles. The van der Waals surface area contributed by atoms with Gasteiger partial charge >= 0.3 is 5.91 Å². The highest BCUT2D eigenvalue weighted by Gasteiger charge is 2.15. The predicted octanol–water partition coefficient (Wildman–Crippen LogP) is 7.82. The molecular formula is C32H27BrN2O4. The summed E-state index contributed by atoms with van der Waals surface area (Å²) >= 11 is 3.42. The van der Waals surface area contributed by atoms with Crippen molar-refractivity contribution in [3.63, 3.8) is 0 Å². The predicted molar refractivity (Wildman–Crippen MR) is 159 cm³/mol. The van der Waals surface area contributed by atoms with Crippen molar-refractivity contribution in [1.29, 1.82) is 0 Å². The van der Waals surface area contributed by atoms with Crippen LogP contribution in [0.4, 0.5) is 0 Å². The Morgan fingerprint density at radius 1 is 1.00 bits per heavy atom. The van der Waals surface area contributed by atoms with Gasteiger partial charge in [0.1, 0.15) is 12.2 Å². The van der Waals surface area contributed by atoms with Crippen LogP contribution in [0.5, 0.6) is 11.5 Å². The third kappa shape index (κ3) is 6.21. The fourth-order valence-corrected chi connectivity index (χ4v) is 4.70. The smallest absolute Gasteiger partial charge is 0.307 e. The van der Waals surface area contributed by atoms with Gasteiger partial charge in [0, 0.05) is 15.4 Å². The minimum atomic E-state index is -0.440. The van der Waals surface area contributed by atoms with E-state index in [1.165, 1.54) is 10.8 Å². The fourth-order valence-electron chi connectivity index (χ4n) is 4.32. The molecule has 0 spiro atoms. The minimum absolute atomic E-state index is 0.181. The number of benzene rings is 4. The zero-order chi connectivity index (χ0) is 27.2. The van der Waals surface area contributed by atoms with Crippen molar-refractivity contribution in [3.05, 3.63) is 118 Å². The molecule has 0 atom stereocenters. The molecule has 7 heteroatoms. The third-order valence-corrected chi connectivity index (χ3v) is 6.59. The normalized spacial score (nSPS) is 11.2. The van der Waals surface area contributed by atoms with Gasteiger partial charge in [0.15, 0.2) is 17.3 Å². The van der Waals surface area contributed by atoms with Crippen LogP contribution >= 0.6 is 15.9 Å². The van der Waals surface area contributed by atoms with Crippen molar-refractivity contribution >= 4 is 49.8 Å². The first-order valence-electron chi connectivity index (χ1n) is 12.6. The summed E-state index contributed by atoms with van der Waals surface area (Å²) in [6.45, 7) is 6.69. The quantitative estimate of drug-likeness (QED) is 0.103. The van der Waals surface area contributed by atoms with Gasteiger partial charge in [-0.2, -0.15) is 5.10 Å². The molecule has 5 aromatic rings. The van der Waals surface area contributed by atoms with E-state index in [4.69, 9.17) is 13.9 Å². The zero-order valence-corrected chi connectivity index (χ0v) is 23.0. The lowest BCUT2D eigenvalue weighted by atomic mass is 10.1. The van der Waals surface area contributed by atoms with E-state index in [1.807, 2.05) is 49.4 Å². The standard InChI is InChI=1S/C32H27BrN2O4/c1-3-7-25-15-22(19-34-35-32(36)30-18-26-17-27(33)12-13-28(26)39-30)16-29(37-4-2)31(25)38-20-21-10-11-23-8-5-6-9-24(23)14-21/h3,5-6,8-19H,1,4,7,20H2,2H3,(H,35,36)/b34-19+. The Labute approximate surface area is 235 Å². The summed E-state index contributed by atoms with van der Waals surface area (Å²) in [5.74, 6) is 1.01. The number of furan rings is 1. The number of ether oxygens (including phenoxy) is 2. The van der Waals surface area contributed by atoms with E-state index in [9.17, 15) is 4.79 Å². The van der Waals surface area contributed by atoms with E-state index >= 15 is 0 Å². The van der Waals surface area contributed by atoms with Crippen LogP contribution in [0.15, 0.2) is 106 Å². The fraction of sp³-hybridized carbons (Fsp3) is 0.125. The number of allylic oxidation sites excluding steroid dienone is 1. The maximum Gasteiger partial charge on any atom is 0.307 e. The maximum absolute atomic E-state index is 12.6. The second-order valence-corrected chi connectivity index (χ2v) is 9.81. The molecule has 6 nitrogen and oxygen atoms in total. The Morgan fingerprint density at radius 2 is 1.85 bits per heavy atom. The Morgan fingerprint density at radius 3 is 2.67 bits per heavy atom. The summed E-state index contributed by atoms with van der Waals surface area (Å²) in [4.78, 5) is 12.6. The lowest BCUT2D eigenvalue weighted by Crippen LogP contribution is -2.16. The molecule has 1 heterocycles. The molecule has 0 bridgehead atoms. The van der Waals surface area contributed by atoms with Crippen LogP contribution in [-0.4, -0.2) is 18.7 Å². The first-order valence-corrected chi connectivity index (χ1v) is 13.4. The second kappa shape index (κ2) is 12.0. The van der Waals surface area contributed by atoms with Crippen LogP contribution in [-0.2, 0) is 13.0 Å². The molecule has 0 saturated carbocycles. The lowest BCUT2D eigenvalue weighted by Gasteiger charge is -2.17.